The number of esters is 1. The Bertz CT molecular complexity index is 459. The molecule has 0 N–H and O–H groups in total. The van der Waals surface area contributed by atoms with Gasteiger partial charge in [0.15, 0.2) is 0 Å². The normalized spacial score (nSPS) is 9.78. The van der Waals surface area contributed by atoms with Crippen LogP contribution in [0.4, 0.5) is 4.79 Å². The van der Waals surface area contributed by atoms with Crippen LogP contribution in [0, 0.1) is 0 Å². The molecule has 1 amide bonds. The summed E-state index contributed by atoms with van der Waals surface area (Å²) in [5, 5.41) is -0.126. The van der Waals surface area contributed by atoms with Crippen LogP contribution < -0.4 is 4.74 Å². The van der Waals surface area contributed by atoms with Crippen molar-refractivity contribution >= 4 is 23.0 Å². The smallest absolute Gasteiger partial charge is 0.338 e. The van der Waals surface area contributed by atoms with E-state index >= 15 is 0 Å². The first kappa shape index (κ1) is 14.4. The summed E-state index contributed by atoms with van der Waals surface area (Å²) in [6.45, 7) is 0. The molecule has 0 bridgehead atoms. The molecule has 5 nitrogen and oxygen atoms in total. The molecule has 0 heterocycles. The number of benzene rings is 1. The van der Waals surface area contributed by atoms with E-state index in [-0.39, 0.29) is 5.24 Å². The molecule has 1 aromatic rings. The number of hydrogen-bond donors (Lipinski definition) is 0. The van der Waals surface area contributed by atoms with Gasteiger partial charge in [0.2, 0.25) is 0 Å². The van der Waals surface area contributed by atoms with Crippen LogP contribution in [0.1, 0.15) is 10.4 Å². The maximum atomic E-state index is 11.6. The molecule has 0 fully saturated rings. The van der Waals surface area contributed by atoms with Crippen LogP contribution in [0.2, 0.25) is 0 Å². The summed E-state index contributed by atoms with van der Waals surface area (Å²) in [6, 6.07) is 4.86. The maximum absolute atomic E-state index is 11.6. The minimum Gasteiger partial charge on any atom is -0.497 e. The molecule has 0 aliphatic carbocycles. The lowest BCUT2D eigenvalue weighted by atomic mass is 10.2. The average molecular weight is 269 g/mol. The number of amides is 1. The van der Waals surface area contributed by atoms with Crippen LogP contribution >= 0.6 is 11.8 Å². The third-order valence-electron chi connectivity index (χ3n) is 2.11. The lowest BCUT2D eigenvalue weighted by Crippen LogP contribution is -2.16. The predicted octanol–water partition coefficient (Wildman–Crippen LogP) is 2.26. The summed E-state index contributed by atoms with van der Waals surface area (Å²) in [7, 11) is 6.13. The first-order valence-corrected chi connectivity index (χ1v) is 5.96. The zero-order valence-electron chi connectivity index (χ0n) is 10.7. The van der Waals surface area contributed by atoms with Gasteiger partial charge < -0.3 is 14.4 Å². The van der Waals surface area contributed by atoms with E-state index in [2.05, 4.69) is 4.74 Å². The molecule has 0 saturated carbocycles. The van der Waals surface area contributed by atoms with E-state index in [1.165, 1.54) is 19.1 Å². The van der Waals surface area contributed by atoms with Crippen molar-refractivity contribution in [2.75, 3.05) is 28.3 Å². The second-order valence-electron chi connectivity index (χ2n) is 3.65. The molecule has 18 heavy (non-hydrogen) atoms. The van der Waals surface area contributed by atoms with Gasteiger partial charge in [-0.05, 0) is 30.0 Å². The monoisotopic (exact) mass is 269 g/mol. The molecule has 1 rings (SSSR count). The number of ether oxygens (including phenoxy) is 2. The summed E-state index contributed by atoms with van der Waals surface area (Å²) >= 11 is 1.02. The van der Waals surface area contributed by atoms with E-state index in [0.29, 0.717) is 16.2 Å². The molecule has 6 heteroatoms. The van der Waals surface area contributed by atoms with E-state index in [9.17, 15) is 9.59 Å². The summed E-state index contributed by atoms with van der Waals surface area (Å²) < 4.78 is 9.73. The predicted molar refractivity (Wildman–Crippen MR) is 69.3 cm³/mol. The van der Waals surface area contributed by atoms with Crippen molar-refractivity contribution in [3.8, 4) is 5.75 Å². The quantitative estimate of drug-likeness (QED) is 0.622. The third-order valence-corrected chi connectivity index (χ3v) is 3.12. The fourth-order valence-electron chi connectivity index (χ4n) is 1.18. The Balaban J connectivity index is 3.04. The molecule has 0 unspecified atom stereocenters. The molecule has 98 valence electrons. The molecule has 0 aliphatic heterocycles. The van der Waals surface area contributed by atoms with Crippen LogP contribution in [0.15, 0.2) is 23.1 Å². The Morgan fingerprint density at radius 1 is 1.17 bits per heavy atom. The third kappa shape index (κ3) is 3.66. The van der Waals surface area contributed by atoms with Crippen LogP contribution in [-0.4, -0.2) is 44.4 Å². The summed E-state index contributed by atoms with van der Waals surface area (Å²) in [5.74, 6) is 0.0417. The van der Waals surface area contributed by atoms with E-state index in [1.807, 2.05) is 0 Å². The number of carbonyl (C=O) groups excluding carboxylic acids is 2. The van der Waals surface area contributed by atoms with Gasteiger partial charge in [-0.25, -0.2) is 4.79 Å². The second kappa shape index (κ2) is 6.30. The standard InChI is InChI=1S/C12H15NO4S/c1-13(2)12(15)18-10-6-8(11(14)17-4)5-9(7-10)16-3/h5-7H,1-4H3. The van der Waals surface area contributed by atoms with Crippen molar-refractivity contribution in [3.63, 3.8) is 0 Å². The van der Waals surface area contributed by atoms with E-state index < -0.39 is 5.97 Å². The topological polar surface area (TPSA) is 55.8 Å². The van der Waals surface area contributed by atoms with Gasteiger partial charge in [-0.15, -0.1) is 0 Å². The average Bonchev–Trinajstić information content (AvgIpc) is 2.37. The van der Waals surface area contributed by atoms with Crippen molar-refractivity contribution in [2.24, 2.45) is 0 Å². The zero-order chi connectivity index (χ0) is 13.7. The molecule has 0 saturated heterocycles. The van der Waals surface area contributed by atoms with Crippen molar-refractivity contribution < 1.29 is 19.1 Å². The Kier molecular flexibility index (Phi) is 5.03. The minimum absolute atomic E-state index is 0.126. The molecule has 0 radical (unpaired) electrons. The van der Waals surface area contributed by atoms with E-state index in [0.717, 1.165) is 11.8 Å². The highest BCUT2D eigenvalue weighted by Crippen LogP contribution is 2.27. The van der Waals surface area contributed by atoms with Gasteiger partial charge in [-0.1, -0.05) is 0 Å². The van der Waals surface area contributed by atoms with E-state index in [4.69, 9.17) is 4.74 Å². The zero-order valence-corrected chi connectivity index (χ0v) is 11.5. The Labute approximate surface area is 110 Å². The molecule has 0 atom stereocenters. The van der Waals surface area contributed by atoms with Crippen LogP contribution in [0.25, 0.3) is 0 Å². The van der Waals surface area contributed by atoms with Crippen LogP contribution in [0.5, 0.6) is 5.75 Å². The summed E-state index contributed by atoms with van der Waals surface area (Å²) in [4.78, 5) is 25.2. The Morgan fingerprint density at radius 2 is 1.83 bits per heavy atom. The number of thioether (sulfide) groups is 1. The Hall–Kier alpha value is -1.69. The molecule has 0 aliphatic rings. The highest BCUT2D eigenvalue weighted by molar-refractivity contribution is 8.13. The van der Waals surface area contributed by atoms with Crippen molar-refractivity contribution in [2.45, 2.75) is 4.90 Å². The second-order valence-corrected chi connectivity index (χ2v) is 4.68. The largest absolute Gasteiger partial charge is 0.497 e. The van der Waals surface area contributed by atoms with Crippen molar-refractivity contribution in [3.05, 3.63) is 23.8 Å². The highest BCUT2D eigenvalue weighted by Gasteiger charge is 2.13. The first-order valence-electron chi connectivity index (χ1n) is 5.14. The van der Waals surface area contributed by atoms with Crippen molar-refractivity contribution in [1.29, 1.82) is 0 Å². The number of carbonyl (C=O) groups is 2. The summed E-state index contributed by atoms with van der Waals surface area (Å²) in [6.07, 6.45) is 0. The van der Waals surface area contributed by atoms with Crippen LogP contribution in [0.3, 0.4) is 0 Å². The van der Waals surface area contributed by atoms with Gasteiger partial charge >= 0.3 is 5.97 Å². The SMILES string of the molecule is COC(=O)c1cc(OC)cc(SC(=O)N(C)C)c1. The molecule has 0 aromatic heterocycles. The lowest BCUT2D eigenvalue weighted by Gasteiger charge is -2.11. The Morgan fingerprint density at radius 3 is 2.33 bits per heavy atom. The number of hydrogen-bond acceptors (Lipinski definition) is 5. The number of methoxy groups -OCH3 is 2. The van der Waals surface area contributed by atoms with Crippen molar-refractivity contribution in [1.82, 2.24) is 4.90 Å². The first-order chi connectivity index (χ1) is 8.47. The maximum Gasteiger partial charge on any atom is 0.338 e. The van der Waals surface area contributed by atoms with Gasteiger partial charge in [-0.3, -0.25) is 4.79 Å². The molecular formula is C12H15NO4S. The number of rotatable bonds is 3. The van der Waals surface area contributed by atoms with Gasteiger partial charge in [-0.2, -0.15) is 0 Å². The van der Waals surface area contributed by atoms with Gasteiger partial charge in [0.25, 0.3) is 5.24 Å². The van der Waals surface area contributed by atoms with Crippen LogP contribution in [-0.2, 0) is 4.74 Å². The van der Waals surface area contributed by atoms with Gasteiger partial charge in [0.05, 0.1) is 19.8 Å². The minimum atomic E-state index is -0.465. The van der Waals surface area contributed by atoms with Gasteiger partial charge in [0, 0.05) is 19.0 Å². The molecule has 0 spiro atoms. The molecular weight excluding hydrogens is 254 g/mol. The van der Waals surface area contributed by atoms with Gasteiger partial charge in [0.1, 0.15) is 5.75 Å². The highest BCUT2D eigenvalue weighted by atomic mass is 32.2. The lowest BCUT2D eigenvalue weighted by molar-refractivity contribution is 0.0600. The fourth-order valence-corrected chi connectivity index (χ4v) is 1.92. The van der Waals surface area contributed by atoms with E-state index in [1.54, 1.807) is 32.3 Å². The number of nitrogens with zero attached hydrogens (tertiary/aromatic N) is 1. The fraction of sp³-hybridized carbons (Fsp3) is 0.333. The summed E-state index contributed by atoms with van der Waals surface area (Å²) in [5.41, 5.74) is 0.353. The molecule has 1 aromatic carbocycles.